The lowest BCUT2D eigenvalue weighted by molar-refractivity contribution is -0.190. The normalized spacial score (nSPS) is 24.6. The predicted octanol–water partition coefficient (Wildman–Crippen LogP) is -0.0236. The van der Waals surface area contributed by atoms with Crippen LogP contribution in [0.15, 0.2) is 29.3 Å². The number of likely N-dealkylation sites (tertiary alicyclic amines) is 1. The predicted molar refractivity (Wildman–Crippen MR) is 111 cm³/mol. The van der Waals surface area contributed by atoms with E-state index in [-0.39, 0.29) is 36.9 Å². The molecule has 2 saturated heterocycles. The summed E-state index contributed by atoms with van der Waals surface area (Å²) in [4.78, 5) is 45.6. The molecule has 1 aromatic rings. The molecule has 3 rings (SSSR count). The van der Waals surface area contributed by atoms with Crippen molar-refractivity contribution in [2.24, 2.45) is 0 Å². The van der Waals surface area contributed by atoms with E-state index >= 15 is 0 Å². The van der Waals surface area contributed by atoms with Crippen LogP contribution < -0.4 is 10.7 Å². The van der Waals surface area contributed by atoms with Crippen LogP contribution in [-0.4, -0.2) is 74.9 Å². The average molecular weight is 437 g/mol. The molecule has 3 N–H and O–H groups in total. The molecule has 0 aliphatic carbocycles. The number of nitrogens with one attached hydrogen (secondary N) is 1. The summed E-state index contributed by atoms with van der Waals surface area (Å²) in [6, 6.07) is 2.44. The fourth-order valence-electron chi connectivity index (χ4n) is 4.05. The van der Waals surface area contributed by atoms with E-state index in [1.807, 2.05) is 0 Å². The molecule has 0 aromatic carbocycles. The third-order valence-electron chi connectivity index (χ3n) is 5.85. The van der Waals surface area contributed by atoms with Crippen LogP contribution in [0.3, 0.4) is 0 Å². The van der Waals surface area contributed by atoms with Gasteiger partial charge in [-0.2, -0.15) is 0 Å². The molecule has 0 radical (unpaired) electrons. The van der Waals surface area contributed by atoms with Gasteiger partial charge in [0.15, 0.2) is 5.43 Å². The molecule has 2 aliphatic heterocycles. The van der Waals surface area contributed by atoms with Crippen LogP contribution in [0.4, 0.5) is 0 Å². The molecule has 0 bridgehead atoms. The number of amides is 2. The number of carbonyl (C=O) groups is 3. The topological polar surface area (TPSA) is 138 Å². The highest BCUT2D eigenvalue weighted by Crippen LogP contribution is 2.39. The lowest BCUT2D eigenvalue weighted by Gasteiger charge is -2.51. The van der Waals surface area contributed by atoms with Gasteiger partial charge in [-0.25, -0.2) is 0 Å². The molecule has 3 heterocycles. The summed E-state index contributed by atoms with van der Waals surface area (Å²) in [5.41, 5.74) is -1.60. The van der Waals surface area contributed by atoms with Crippen LogP contribution in [0.25, 0.3) is 0 Å². The molecule has 2 atom stereocenters. The smallest absolute Gasteiger partial charge is 0.290 e. The number of piperidine rings is 1. The lowest BCUT2D eigenvalue weighted by atomic mass is 9.75. The zero-order valence-electron chi connectivity index (χ0n) is 18.0. The Kier molecular flexibility index (Phi) is 8.35. The number of aromatic nitrogens is 1. The molecule has 31 heavy (non-hydrogen) atoms. The molecule has 0 unspecified atom stereocenters. The van der Waals surface area contributed by atoms with E-state index in [4.69, 9.17) is 14.6 Å². The Morgan fingerprint density at radius 3 is 2.39 bits per heavy atom. The van der Waals surface area contributed by atoms with Crippen molar-refractivity contribution in [3.8, 4) is 0 Å². The molecule has 0 saturated carbocycles. The van der Waals surface area contributed by atoms with Crippen LogP contribution >= 0.6 is 0 Å². The summed E-state index contributed by atoms with van der Waals surface area (Å²) in [5.74, 6) is -0.109. The van der Waals surface area contributed by atoms with Gasteiger partial charge < -0.3 is 29.7 Å². The second-order valence-electron chi connectivity index (χ2n) is 8.19. The van der Waals surface area contributed by atoms with Gasteiger partial charge in [-0.15, -0.1) is 0 Å². The Bertz CT molecular complexity index is 808. The molecule has 1 aromatic heterocycles. The van der Waals surface area contributed by atoms with Gasteiger partial charge in [-0.05, 0) is 19.8 Å². The highest BCUT2D eigenvalue weighted by Gasteiger charge is 2.49. The number of nitrogens with zero attached hydrogens (tertiary/aromatic N) is 2. The quantitative estimate of drug-likeness (QED) is 0.563. The van der Waals surface area contributed by atoms with Gasteiger partial charge in [0.05, 0.1) is 23.9 Å². The van der Waals surface area contributed by atoms with Gasteiger partial charge in [0, 0.05) is 50.5 Å². The van der Waals surface area contributed by atoms with E-state index in [2.05, 4.69) is 5.32 Å². The van der Waals surface area contributed by atoms with Crippen LogP contribution in [0.2, 0.25) is 0 Å². The van der Waals surface area contributed by atoms with E-state index in [0.29, 0.717) is 38.8 Å². The first-order valence-corrected chi connectivity index (χ1v) is 10.3. The number of carboxylic acid groups (broad SMARTS) is 1. The lowest BCUT2D eigenvalue weighted by Crippen LogP contribution is -2.64. The number of hydrogen-bond donors (Lipinski definition) is 3. The maximum Gasteiger partial charge on any atom is 0.290 e. The summed E-state index contributed by atoms with van der Waals surface area (Å²) >= 11 is 0. The van der Waals surface area contributed by atoms with Crippen molar-refractivity contribution in [2.75, 3.05) is 19.7 Å². The minimum Gasteiger partial charge on any atom is -0.483 e. The Balaban J connectivity index is 0.00000107. The molecule has 2 amide bonds. The SMILES string of the molecule is CCC(=O)N[C@H]1COC2(CCN(C(=O)Cn3ccc(=O)cc3)CC2)C[C@]1(C)O.O=CO. The Hall–Kier alpha value is -2.72. The highest BCUT2D eigenvalue weighted by atomic mass is 16.5. The molecular formula is C21H31N3O7. The number of ether oxygens (including phenoxy) is 1. The number of aliphatic hydroxyl groups is 1. The van der Waals surface area contributed by atoms with Gasteiger partial charge in [-0.3, -0.25) is 19.2 Å². The van der Waals surface area contributed by atoms with Crippen molar-refractivity contribution in [1.29, 1.82) is 0 Å². The third-order valence-corrected chi connectivity index (χ3v) is 5.85. The van der Waals surface area contributed by atoms with Crippen LogP contribution in [0, 0.1) is 0 Å². The highest BCUT2D eigenvalue weighted by molar-refractivity contribution is 5.76. The first-order valence-electron chi connectivity index (χ1n) is 10.3. The summed E-state index contributed by atoms with van der Waals surface area (Å²) in [7, 11) is 0. The van der Waals surface area contributed by atoms with Crippen molar-refractivity contribution in [3.05, 3.63) is 34.7 Å². The molecule has 172 valence electrons. The third kappa shape index (κ3) is 6.63. The van der Waals surface area contributed by atoms with Crippen LogP contribution in [0.1, 0.15) is 39.5 Å². The largest absolute Gasteiger partial charge is 0.483 e. The zero-order valence-corrected chi connectivity index (χ0v) is 18.0. The first kappa shape index (κ1) is 24.5. The van der Waals surface area contributed by atoms with Crippen molar-refractivity contribution in [2.45, 2.75) is 63.3 Å². The van der Waals surface area contributed by atoms with Crippen molar-refractivity contribution >= 4 is 18.3 Å². The number of rotatable bonds is 4. The second kappa shape index (κ2) is 10.5. The first-order chi connectivity index (χ1) is 14.6. The van der Waals surface area contributed by atoms with Gasteiger partial charge in [-0.1, -0.05) is 6.92 Å². The Morgan fingerprint density at radius 1 is 1.29 bits per heavy atom. The van der Waals surface area contributed by atoms with Crippen molar-refractivity contribution in [1.82, 2.24) is 14.8 Å². The van der Waals surface area contributed by atoms with Crippen molar-refractivity contribution < 1.29 is 29.3 Å². The number of carbonyl (C=O) groups excluding carboxylic acids is 2. The Labute approximate surface area is 180 Å². The van der Waals surface area contributed by atoms with Crippen LogP contribution in [0.5, 0.6) is 0 Å². The summed E-state index contributed by atoms with van der Waals surface area (Å²) in [6.07, 6.45) is 5.30. The summed E-state index contributed by atoms with van der Waals surface area (Å²) < 4.78 is 7.80. The number of pyridine rings is 1. The van der Waals surface area contributed by atoms with E-state index in [9.17, 15) is 19.5 Å². The molecule has 2 fully saturated rings. The standard InChI is InChI=1S/C20H29N3O5.CH2O2/c1-3-17(25)21-16-13-28-20(14-19(16,2)27)6-10-23(11-7-20)18(26)12-22-8-4-15(24)5-9-22;2-1-3/h4-5,8-9,16,27H,3,6-7,10-14H2,1-2H3,(H,21,25);1H,(H,2,3)/t16-,19-;/m0./s1. The van der Waals surface area contributed by atoms with E-state index < -0.39 is 17.2 Å². The molecular weight excluding hydrogens is 406 g/mol. The second-order valence-corrected chi connectivity index (χ2v) is 8.19. The van der Waals surface area contributed by atoms with E-state index in [0.717, 1.165) is 0 Å². The van der Waals surface area contributed by atoms with Gasteiger partial charge in [0.25, 0.3) is 6.47 Å². The van der Waals surface area contributed by atoms with Gasteiger partial charge >= 0.3 is 0 Å². The molecule has 10 nitrogen and oxygen atoms in total. The maximum absolute atomic E-state index is 12.5. The minimum absolute atomic E-state index is 0.00541. The Morgan fingerprint density at radius 2 is 1.87 bits per heavy atom. The molecule has 1 spiro atoms. The fourth-order valence-corrected chi connectivity index (χ4v) is 4.05. The van der Waals surface area contributed by atoms with E-state index in [1.165, 1.54) is 12.1 Å². The van der Waals surface area contributed by atoms with E-state index in [1.54, 1.807) is 35.7 Å². The van der Waals surface area contributed by atoms with Crippen LogP contribution in [-0.2, 0) is 25.7 Å². The maximum atomic E-state index is 12.5. The zero-order chi connectivity index (χ0) is 23.1. The molecule has 10 heteroatoms. The van der Waals surface area contributed by atoms with Crippen molar-refractivity contribution in [3.63, 3.8) is 0 Å². The molecule has 2 aliphatic rings. The van der Waals surface area contributed by atoms with Gasteiger partial charge in [0.2, 0.25) is 11.8 Å². The van der Waals surface area contributed by atoms with Gasteiger partial charge in [0.1, 0.15) is 6.54 Å². The fraction of sp³-hybridized carbons (Fsp3) is 0.619. The summed E-state index contributed by atoms with van der Waals surface area (Å²) in [6.45, 7) is 4.84. The monoisotopic (exact) mass is 437 g/mol. The minimum atomic E-state index is -1.05. The summed E-state index contributed by atoms with van der Waals surface area (Å²) in [5, 5.41) is 20.6. The average Bonchev–Trinajstić information content (AvgIpc) is 2.72. The number of hydrogen-bond acceptors (Lipinski definition) is 6.